The van der Waals surface area contributed by atoms with Gasteiger partial charge in [0.2, 0.25) is 0 Å². The van der Waals surface area contributed by atoms with Crippen LogP contribution in [-0.2, 0) is 6.42 Å². The molecule has 2 aromatic rings. The van der Waals surface area contributed by atoms with E-state index in [0.717, 1.165) is 49.9 Å². The summed E-state index contributed by atoms with van der Waals surface area (Å²) in [4.78, 5) is 12.5. The third-order valence-electron chi connectivity index (χ3n) is 4.91. The molecule has 0 spiro atoms. The van der Waals surface area contributed by atoms with Crippen LogP contribution in [-0.4, -0.2) is 34.0 Å². The lowest BCUT2D eigenvalue weighted by Crippen LogP contribution is -2.29. The Labute approximate surface area is 139 Å². The van der Waals surface area contributed by atoms with E-state index in [0.29, 0.717) is 11.7 Å². The topological polar surface area (TPSA) is 71.8 Å². The van der Waals surface area contributed by atoms with Gasteiger partial charge in [0.15, 0.2) is 5.69 Å². The molecule has 1 fully saturated rings. The van der Waals surface area contributed by atoms with Crippen LogP contribution in [0.5, 0.6) is 0 Å². The van der Waals surface area contributed by atoms with Crippen molar-refractivity contribution in [2.75, 3.05) is 13.1 Å². The fourth-order valence-corrected chi connectivity index (χ4v) is 3.60. The second-order valence-corrected chi connectivity index (χ2v) is 6.47. The molecule has 1 aliphatic heterocycles. The normalized spacial score (nSPS) is 20.8. The highest BCUT2D eigenvalue weighted by Gasteiger charge is 2.26. The molecule has 0 bridgehead atoms. The number of nitrogens with zero attached hydrogens (tertiary/aromatic N) is 3. The van der Waals surface area contributed by atoms with Gasteiger partial charge in [-0.25, -0.2) is 9.07 Å². The lowest BCUT2D eigenvalue weighted by Gasteiger charge is -2.22. The molecule has 1 aromatic heterocycles. The number of halogens is 1. The summed E-state index contributed by atoms with van der Waals surface area (Å²) in [6.07, 6.45) is 5.27. The summed E-state index contributed by atoms with van der Waals surface area (Å²) in [6, 6.07) is 4.97. The summed E-state index contributed by atoms with van der Waals surface area (Å²) in [7, 11) is 0. The Morgan fingerprint density at radius 3 is 2.96 bits per heavy atom. The number of aromatic nitrogens is 3. The summed E-state index contributed by atoms with van der Waals surface area (Å²) in [5.74, 6) is -0.456. The molecule has 4 rings (SSSR count). The molecular weight excluding hydrogens is 309 g/mol. The standard InChI is InChI=1S/C17H20FN5O/c18-12-2-3-14-11(9-12)1-4-15(14)20-17(24)16-10-23(22-21-16)13-5-7-19-8-6-13/h2-3,9-10,13,15,19H,1,4-8H2,(H,20,24). The highest BCUT2D eigenvalue weighted by molar-refractivity contribution is 5.92. The Bertz CT molecular complexity index is 753. The van der Waals surface area contributed by atoms with Gasteiger partial charge < -0.3 is 10.6 Å². The van der Waals surface area contributed by atoms with E-state index in [9.17, 15) is 9.18 Å². The Hall–Kier alpha value is -2.28. The van der Waals surface area contributed by atoms with Crippen LogP contribution >= 0.6 is 0 Å². The van der Waals surface area contributed by atoms with Crippen LogP contribution in [0.2, 0.25) is 0 Å². The Morgan fingerprint density at radius 1 is 1.29 bits per heavy atom. The van der Waals surface area contributed by atoms with Gasteiger partial charge in [-0.1, -0.05) is 11.3 Å². The van der Waals surface area contributed by atoms with Crippen molar-refractivity contribution in [3.63, 3.8) is 0 Å². The minimum Gasteiger partial charge on any atom is -0.344 e. The molecule has 0 radical (unpaired) electrons. The molecule has 24 heavy (non-hydrogen) atoms. The molecule has 1 atom stereocenters. The summed E-state index contributed by atoms with van der Waals surface area (Å²) in [6.45, 7) is 1.92. The summed E-state index contributed by atoms with van der Waals surface area (Å²) in [5.41, 5.74) is 2.30. The predicted molar refractivity (Wildman–Crippen MR) is 86.1 cm³/mol. The van der Waals surface area contributed by atoms with Crippen molar-refractivity contribution in [2.45, 2.75) is 37.8 Å². The van der Waals surface area contributed by atoms with E-state index in [1.165, 1.54) is 6.07 Å². The maximum atomic E-state index is 13.3. The van der Waals surface area contributed by atoms with Gasteiger partial charge in [0.05, 0.1) is 18.3 Å². The third kappa shape index (κ3) is 2.91. The number of aryl methyl sites for hydroxylation is 1. The van der Waals surface area contributed by atoms with Crippen LogP contribution < -0.4 is 10.6 Å². The minimum atomic E-state index is -0.231. The SMILES string of the molecule is O=C(NC1CCc2cc(F)ccc21)c1cn(C2CCNCC2)nn1. The van der Waals surface area contributed by atoms with Gasteiger partial charge in [0, 0.05) is 0 Å². The number of nitrogens with one attached hydrogen (secondary N) is 2. The first-order valence-corrected chi connectivity index (χ1v) is 8.42. The van der Waals surface area contributed by atoms with Gasteiger partial charge in [0.25, 0.3) is 5.91 Å². The number of carbonyl (C=O) groups is 1. The van der Waals surface area contributed by atoms with E-state index in [2.05, 4.69) is 20.9 Å². The minimum absolute atomic E-state index is 0.0860. The lowest BCUT2D eigenvalue weighted by atomic mass is 10.1. The number of hydrogen-bond donors (Lipinski definition) is 2. The summed E-state index contributed by atoms with van der Waals surface area (Å²) >= 11 is 0. The molecule has 1 aromatic carbocycles. The van der Waals surface area contributed by atoms with Crippen LogP contribution in [0.1, 0.15) is 53.0 Å². The molecule has 2 aliphatic rings. The number of hydrogen-bond acceptors (Lipinski definition) is 4. The number of benzene rings is 1. The van der Waals surface area contributed by atoms with E-state index in [4.69, 9.17) is 0 Å². The number of carbonyl (C=O) groups excluding carboxylic acids is 1. The summed E-state index contributed by atoms with van der Waals surface area (Å²) < 4.78 is 15.1. The quantitative estimate of drug-likeness (QED) is 0.900. The zero-order valence-electron chi connectivity index (χ0n) is 13.3. The van der Waals surface area contributed by atoms with Crippen LogP contribution in [0.4, 0.5) is 4.39 Å². The Balaban J connectivity index is 1.45. The van der Waals surface area contributed by atoms with Gasteiger partial charge in [-0.3, -0.25) is 4.79 Å². The average Bonchev–Trinajstić information content (AvgIpc) is 3.23. The fraction of sp³-hybridized carbons (Fsp3) is 0.471. The van der Waals surface area contributed by atoms with Crippen molar-refractivity contribution in [1.29, 1.82) is 0 Å². The van der Waals surface area contributed by atoms with Gasteiger partial charge >= 0.3 is 0 Å². The molecule has 7 heteroatoms. The smallest absolute Gasteiger partial charge is 0.273 e. The molecule has 2 heterocycles. The van der Waals surface area contributed by atoms with E-state index in [-0.39, 0.29) is 17.8 Å². The zero-order valence-corrected chi connectivity index (χ0v) is 13.3. The molecule has 1 saturated heterocycles. The maximum Gasteiger partial charge on any atom is 0.273 e. The monoisotopic (exact) mass is 329 g/mol. The van der Waals surface area contributed by atoms with Crippen LogP contribution in [0, 0.1) is 5.82 Å². The van der Waals surface area contributed by atoms with Gasteiger partial charge in [0.1, 0.15) is 5.82 Å². The molecule has 2 N–H and O–H groups in total. The van der Waals surface area contributed by atoms with Crippen molar-refractivity contribution in [3.05, 3.63) is 47.0 Å². The molecular formula is C17H20FN5O. The van der Waals surface area contributed by atoms with Crippen molar-refractivity contribution in [3.8, 4) is 0 Å². The van der Waals surface area contributed by atoms with Crippen LogP contribution in [0.25, 0.3) is 0 Å². The third-order valence-corrected chi connectivity index (χ3v) is 4.91. The molecule has 6 nitrogen and oxygen atoms in total. The zero-order chi connectivity index (χ0) is 16.5. The van der Waals surface area contributed by atoms with Crippen molar-refractivity contribution < 1.29 is 9.18 Å². The van der Waals surface area contributed by atoms with Gasteiger partial charge in [-0.15, -0.1) is 5.10 Å². The van der Waals surface area contributed by atoms with Crippen molar-refractivity contribution in [2.24, 2.45) is 0 Å². The van der Waals surface area contributed by atoms with E-state index in [1.54, 1.807) is 23.0 Å². The highest BCUT2D eigenvalue weighted by Crippen LogP contribution is 2.31. The number of rotatable bonds is 3. The number of piperidine rings is 1. The summed E-state index contributed by atoms with van der Waals surface area (Å²) in [5, 5.41) is 14.4. The maximum absolute atomic E-state index is 13.3. The molecule has 1 aliphatic carbocycles. The van der Waals surface area contributed by atoms with E-state index < -0.39 is 0 Å². The highest BCUT2D eigenvalue weighted by atomic mass is 19.1. The first kappa shape index (κ1) is 15.3. The Morgan fingerprint density at radius 2 is 2.12 bits per heavy atom. The van der Waals surface area contributed by atoms with Crippen molar-refractivity contribution >= 4 is 5.91 Å². The van der Waals surface area contributed by atoms with Crippen LogP contribution in [0.15, 0.2) is 24.4 Å². The first-order valence-electron chi connectivity index (χ1n) is 8.42. The van der Waals surface area contributed by atoms with Crippen molar-refractivity contribution in [1.82, 2.24) is 25.6 Å². The number of amides is 1. The van der Waals surface area contributed by atoms with Gasteiger partial charge in [-0.2, -0.15) is 0 Å². The fourth-order valence-electron chi connectivity index (χ4n) is 3.60. The van der Waals surface area contributed by atoms with Crippen LogP contribution in [0.3, 0.4) is 0 Å². The van der Waals surface area contributed by atoms with E-state index in [1.807, 2.05) is 0 Å². The molecule has 0 saturated carbocycles. The first-order chi connectivity index (χ1) is 11.7. The second-order valence-electron chi connectivity index (χ2n) is 6.47. The Kier molecular flexibility index (Phi) is 4.02. The molecule has 1 unspecified atom stereocenters. The number of fused-ring (bicyclic) bond motifs is 1. The largest absolute Gasteiger partial charge is 0.344 e. The van der Waals surface area contributed by atoms with E-state index >= 15 is 0 Å². The predicted octanol–water partition coefficient (Wildman–Crippen LogP) is 1.76. The van der Waals surface area contributed by atoms with Gasteiger partial charge in [-0.05, 0) is 62.0 Å². The second kappa shape index (κ2) is 6.32. The lowest BCUT2D eigenvalue weighted by molar-refractivity contribution is 0.0931. The average molecular weight is 329 g/mol. The molecule has 126 valence electrons. The molecule has 1 amide bonds.